The van der Waals surface area contributed by atoms with Crippen molar-refractivity contribution in [1.29, 1.82) is 0 Å². The lowest BCUT2D eigenvalue weighted by molar-refractivity contribution is 0.302. The molecule has 3 aromatic rings. The molecule has 108 valence electrons. The summed E-state index contributed by atoms with van der Waals surface area (Å²) in [4.78, 5) is 3.26. The quantitative estimate of drug-likeness (QED) is 0.556. The largest absolute Gasteiger partial charge is 0.494 e. The van der Waals surface area contributed by atoms with Gasteiger partial charge in [0.1, 0.15) is 5.75 Å². The number of H-pyrrole nitrogens is 1. The molecule has 1 aromatic heterocycles. The van der Waals surface area contributed by atoms with Crippen LogP contribution in [0.3, 0.4) is 0 Å². The molecule has 0 radical (unpaired) electrons. The molecule has 0 aliphatic heterocycles. The van der Waals surface area contributed by atoms with Gasteiger partial charge in [-0.15, -0.1) is 0 Å². The number of hydrogen-bond acceptors (Lipinski definition) is 2. The Morgan fingerprint density at radius 1 is 1.10 bits per heavy atom. The van der Waals surface area contributed by atoms with E-state index in [0.29, 0.717) is 6.61 Å². The number of imidazole rings is 1. The fraction of sp³-hybridized carbons (Fsp3) is 0.235. The highest BCUT2D eigenvalue weighted by Gasteiger charge is 2.06. The van der Waals surface area contributed by atoms with Gasteiger partial charge in [0.05, 0.1) is 17.6 Å². The van der Waals surface area contributed by atoms with Crippen molar-refractivity contribution in [1.82, 2.24) is 9.55 Å². The van der Waals surface area contributed by atoms with E-state index in [1.165, 1.54) is 11.1 Å². The van der Waals surface area contributed by atoms with Crippen molar-refractivity contribution in [2.24, 2.45) is 0 Å². The van der Waals surface area contributed by atoms with Crippen LogP contribution in [0.1, 0.15) is 12.0 Å². The maximum atomic E-state index is 5.73. The van der Waals surface area contributed by atoms with E-state index >= 15 is 0 Å². The molecule has 0 aliphatic rings. The molecule has 0 fully saturated rings. The molecule has 0 amide bonds. The van der Waals surface area contributed by atoms with E-state index < -0.39 is 0 Å². The molecule has 0 spiro atoms. The summed E-state index contributed by atoms with van der Waals surface area (Å²) >= 11 is 5.42. The summed E-state index contributed by atoms with van der Waals surface area (Å²) in [6.07, 6.45) is 0.921. The van der Waals surface area contributed by atoms with Crippen LogP contribution in [0.5, 0.6) is 5.75 Å². The van der Waals surface area contributed by atoms with Crippen LogP contribution in [0.25, 0.3) is 11.0 Å². The van der Waals surface area contributed by atoms with Crippen LogP contribution in [-0.4, -0.2) is 16.2 Å². The number of ether oxygens (including phenoxy) is 1. The normalized spacial score (nSPS) is 10.9. The van der Waals surface area contributed by atoms with Gasteiger partial charge >= 0.3 is 0 Å². The third-order valence-electron chi connectivity index (χ3n) is 3.53. The number of fused-ring (bicyclic) bond motifs is 1. The lowest BCUT2D eigenvalue weighted by Gasteiger charge is -2.08. The molecule has 1 heterocycles. The number of aryl methyl sites for hydroxylation is 2. The second kappa shape index (κ2) is 6.14. The van der Waals surface area contributed by atoms with Gasteiger partial charge in [-0.2, -0.15) is 0 Å². The number of benzene rings is 2. The molecule has 21 heavy (non-hydrogen) atoms. The van der Waals surface area contributed by atoms with Gasteiger partial charge in [-0.05, 0) is 49.3 Å². The number of aromatic nitrogens is 2. The predicted octanol–water partition coefficient (Wildman–Crippen LogP) is 4.48. The molecule has 0 aliphatic carbocycles. The van der Waals surface area contributed by atoms with Crippen molar-refractivity contribution in [3.63, 3.8) is 0 Å². The van der Waals surface area contributed by atoms with Crippen LogP contribution in [0.4, 0.5) is 0 Å². The van der Waals surface area contributed by atoms with E-state index in [-0.39, 0.29) is 0 Å². The van der Waals surface area contributed by atoms with Gasteiger partial charge in [0, 0.05) is 6.54 Å². The molecule has 0 saturated carbocycles. The van der Waals surface area contributed by atoms with Crippen LogP contribution in [0.15, 0.2) is 48.5 Å². The smallest absolute Gasteiger partial charge is 0.178 e. The Balaban J connectivity index is 1.68. The Labute approximate surface area is 129 Å². The van der Waals surface area contributed by atoms with E-state index in [9.17, 15) is 0 Å². The first-order chi connectivity index (χ1) is 10.3. The molecule has 0 atom stereocenters. The molecule has 0 saturated heterocycles. The minimum atomic E-state index is 0.685. The Kier molecular flexibility index (Phi) is 4.06. The number of hydrogen-bond donors (Lipinski definition) is 1. The molecule has 2 aromatic carbocycles. The standard InChI is InChI=1S/C17H18N2OS/c1-13-7-5-10-15-16(13)19(17(21)18-15)11-6-12-20-14-8-3-2-4-9-14/h2-5,7-10H,6,11-12H2,1H3,(H,18,21). The molecule has 4 heteroatoms. The maximum absolute atomic E-state index is 5.73. The molecule has 1 N–H and O–H groups in total. The van der Waals surface area contributed by atoms with Crippen molar-refractivity contribution in [2.75, 3.05) is 6.61 Å². The fourth-order valence-corrected chi connectivity index (χ4v) is 2.84. The van der Waals surface area contributed by atoms with Crippen LogP contribution >= 0.6 is 12.2 Å². The molecule has 3 nitrogen and oxygen atoms in total. The zero-order valence-electron chi connectivity index (χ0n) is 12.0. The first kappa shape index (κ1) is 13.9. The number of aromatic amines is 1. The Morgan fingerprint density at radius 2 is 1.90 bits per heavy atom. The zero-order valence-corrected chi connectivity index (χ0v) is 12.8. The highest BCUT2D eigenvalue weighted by Crippen LogP contribution is 2.18. The summed E-state index contributed by atoms with van der Waals surface area (Å²) in [5.41, 5.74) is 3.54. The van der Waals surface area contributed by atoms with E-state index in [2.05, 4.69) is 28.6 Å². The summed E-state index contributed by atoms with van der Waals surface area (Å²) in [6, 6.07) is 16.1. The SMILES string of the molecule is Cc1cccc2[nH]c(=S)n(CCCOc3ccccc3)c12. The fourth-order valence-electron chi connectivity index (χ4n) is 2.55. The molecular formula is C17H18N2OS. The van der Waals surface area contributed by atoms with Crippen molar-refractivity contribution in [3.05, 3.63) is 58.9 Å². The van der Waals surface area contributed by atoms with Crippen molar-refractivity contribution < 1.29 is 4.74 Å². The van der Waals surface area contributed by atoms with Gasteiger partial charge in [0.25, 0.3) is 0 Å². The third kappa shape index (κ3) is 3.00. The van der Waals surface area contributed by atoms with Crippen molar-refractivity contribution in [3.8, 4) is 5.75 Å². The lowest BCUT2D eigenvalue weighted by atomic mass is 10.2. The minimum Gasteiger partial charge on any atom is -0.494 e. The van der Waals surface area contributed by atoms with Gasteiger partial charge in [-0.3, -0.25) is 0 Å². The maximum Gasteiger partial charge on any atom is 0.178 e. The molecule has 0 bridgehead atoms. The van der Waals surface area contributed by atoms with Gasteiger partial charge < -0.3 is 14.3 Å². The van der Waals surface area contributed by atoms with E-state index in [1.54, 1.807) is 0 Å². The monoisotopic (exact) mass is 298 g/mol. The summed E-state index contributed by atoms with van der Waals surface area (Å²) < 4.78 is 8.67. The van der Waals surface area contributed by atoms with Crippen molar-refractivity contribution in [2.45, 2.75) is 19.9 Å². The summed E-state index contributed by atoms with van der Waals surface area (Å²) in [7, 11) is 0. The summed E-state index contributed by atoms with van der Waals surface area (Å²) in [5, 5.41) is 0. The number of rotatable bonds is 5. The molecule has 0 unspecified atom stereocenters. The van der Waals surface area contributed by atoms with Crippen LogP contribution in [0, 0.1) is 11.7 Å². The Morgan fingerprint density at radius 3 is 2.71 bits per heavy atom. The van der Waals surface area contributed by atoms with Crippen LogP contribution in [0.2, 0.25) is 0 Å². The van der Waals surface area contributed by atoms with Crippen LogP contribution in [-0.2, 0) is 6.54 Å². The lowest BCUT2D eigenvalue weighted by Crippen LogP contribution is -2.05. The van der Waals surface area contributed by atoms with E-state index in [1.807, 2.05) is 36.4 Å². The van der Waals surface area contributed by atoms with Crippen LogP contribution < -0.4 is 4.74 Å². The van der Waals surface area contributed by atoms with E-state index in [0.717, 1.165) is 29.0 Å². The summed E-state index contributed by atoms with van der Waals surface area (Å²) in [6.45, 7) is 3.66. The molecule has 3 rings (SSSR count). The highest BCUT2D eigenvalue weighted by atomic mass is 32.1. The van der Waals surface area contributed by atoms with Gasteiger partial charge in [0.2, 0.25) is 0 Å². The number of nitrogens with zero attached hydrogens (tertiary/aromatic N) is 1. The number of para-hydroxylation sites is 2. The van der Waals surface area contributed by atoms with Crippen molar-refractivity contribution >= 4 is 23.3 Å². The highest BCUT2D eigenvalue weighted by molar-refractivity contribution is 7.71. The second-order valence-electron chi connectivity index (χ2n) is 5.07. The Bertz CT molecular complexity index is 789. The minimum absolute atomic E-state index is 0.685. The topological polar surface area (TPSA) is 29.9 Å². The first-order valence-corrected chi connectivity index (χ1v) is 7.52. The number of nitrogens with one attached hydrogen (secondary N) is 1. The van der Waals surface area contributed by atoms with Gasteiger partial charge in [-0.25, -0.2) is 0 Å². The van der Waals surface area contributed by atoms with E-state index in [4.69, 9.17) is 17.0 Å². The average Bonchev–Trinajstić information content (AvgIpc) is 2.82. The molecular weight excluding hydrogens is 280 g/mol. The zero-order chi connectivity index (χ0) is 14.7. The third-order valence-corrected chi connectivity index (χ3v) is 3.85. The predicted molar refractivity (Wildman–Crippen MR) is 88.4 cm³/mol. The van der Waals surface area contributed by atoms with Gasteiger partial charge in [0.15, 0.2) is 4.77 Å². The second-order valence-corrected chi connectivity index (χ2v) is 5.45. The van der Waals surface area contributed by atoms with Gasteiger partial charge in [-0.1, -0.05) is 30.3 Å². The summed E-state index contributed by atoms with van der Waals surface area (Å²) in [5.74, 6) is 0.913. The first-order valence-electron chi connectivity index (χ1n) is 7.12. The Hall–Kier alpha value is -2.07. The average molecular weight is 298 g/mol.